The van der Waals surface area contributed by atoms with Gasteiger partial charge in [-0.05, 0) is 19.1 Å². The number of benzene rings is 1. The van der Waals surface area contributed by atoms with E-state index in [1.54, 1.807) is 10.9 Å². The number of hydrogen-bond acceptors (Lipinski definition) is 3. The largest absolute Gasteiger partial charge is 0.324 e. The summed E-state index contributed by atoms with van der Waals surface area (Å²) in [5, 5.41) is 10.3. The van der Waals surface area contributed by atoms with E-state index in [0.29, 0.717) is 0 Å². The second-order valence-electron chi connectivity index (χ2n) is 3.45. The van der Waals surface area contributed by atoms with Gasteiger partial charge in [-0.1, -0.05) is 23.4 Å². The SMILES string of the molecule is Cc1cnnn1CC(=O)Nc1ccccc1. The van der Waals surface area contributed by atoms with E-state index < -0.39 is 0 Å². The van der Waals surface area contributed by atoms with Crippen LogP contribution in [0.5, 0.6) is 0 Å². The Bertz CT molecular complexity index is 478. The molecule has 0 fully saturated rings. The zero-order valence-corrected chi connectivity index (χ0v) is 8.92. The Morgan fingerprint density at radius 3 is 2.75 bits per heavy atom. The average Bonchev–Trinajstić information content (AvgIpc) is 2.66. The molecule has 5 heteroatoms. The van der Waals surface area contributed by atoms with E-state index in [1.807, 2.05) is 37.3 Å². The summed E-state index contributed by atoms with van der Waals surface area (Å²) < 4.78 is 1.55. The van der Waals surface area contributed by atoms with E-state index in [4.69, 9.17) is 0 Å². The predicted molar refractivity (Wildman–Crippen MR) is 59.8 cm³/mol. The van der Waals surface area contributed by atoms with Gasteiger partial charge in [0.2, 0.25) is 5.91 Å². The molecule has 0 saturated carbocycles. The molecule has 1 aromatic heterocycles. The lowest BCUT2D eigenvalue weighted by atomic mass is 10.3. The Hall–Kier alpha value is -2.17. The molecule has 1 heterocycles. The first-order valence-corrected chi connectivity index (χ1v) is 4.96. The number of rotatable bonds is 3. The van der Waals surface area contributed by atoms with Crippen molar-refractivity contribution in [3.8, 4) is 0 Å². The van der Waals surface area contributed by atoms with Crippen molar-refractivity contribution in [2.24, 2.45) is 0 Å². The van der Waals surface area contributed by atoms with Crippen LogP contribution in [0.1, 0.15) is 5.69 Å². The van der Waals surface area contributed by atoms with Crippen molar-refractivity contribution >= 4 is 11.6 Å². The molecule has 0 spiro atoms. The molecule has 2 rings (SSSR count). The van der Waals surface area contributed by atoms with Gasteiger partial charge in [0, 0.05) is 5.69 Å². The fraction of sp³-hybridized carbons (Fsp3) is 0.182. The van der Waals surface area contributed by atoms with Crippen molar-refractivity contribution in [1.82, 2.24) is 15.0 Å². The van der Waals surface area contributed by atoms with Crippen LogP contribution in [-0.2, 0) is 11.3 Å². The van der Waals surface area contributed by atoms with Crippen molar-refractivity contribution in [3.63, 3.8) is 0 Å². The highest BCUT2D eigenvalue weighted by Gasteiger charge is 2.05. The molecule has 0 atom stereocenters. The van der Waals surface area contributed by atoms with Crippen LogP contribution in [0.3, 0.4) is 0 Å². The smallest absolute Gasteiger partial charge is 0.246 e. The third-order valence-electron chi connectivity index (χ3n) is 2.16. The van der Waals surface area contributed by atoms with Crippen LogP contribution in [0.4, 0.5) is 5.69 Å². The molecule has 1 aromatic carbocycles. The number of carbonyl (C=O) groups excluding carboxylic acids is 1. The summed E-state index contributed by atoms with van der Waals surface area (Å²) in [5.74, 6) is -0.111. The van der Waals surface area contributed by atoms with E-state index in [2.05, 4.69) is 15.6 Å². The maximum Gasteiger partial charge on any atom is 0.246 e. The number of para-hydroxylation sites is 1. The molecule has 0 bridgehead atoms. The highest BCUT2D eigenvalue weighted by atomic mass is 16.2. The molecule has 16 heavy (non-hydrogen) atoms. The van der Waals surface area contributed by atoms with Gasteiger partial charge in [0.15, 0.2) is 0 Å². The highest BCUT2D eigenvalue weighted by Crippen LogP contribution is 2.05. The van der Waals surface area contributed by atoms with Crippen LogP contribution in [0.15, 0.2) is 36.5 Å². The van der Waals surface area contributed by atoms with Gasteiger partial charge in [-0.2, -0.15) is 0 Å². The summed E-state index contributed by atoms with van der Waals surface area (Å²) in [4.78, 5) is 11.6. The topological polar surface area (TPSA) is 59.8 Å². The van der Waals surface area contributed by atoms with Gasteiger partial charge in [-0.3, -0.25) is 4.79 Å². The van der Waals surface area contributed by atoms with Crippen molar-refractivity contribution in [2.45, 2.75) is 13.5 Å². The summed E-state index contributed by atoms with van der Waals surface area (Å²) in [6.45, 7) is 2.04. The first kappa shape index (κ1) is 10.4. The summed E-state index contributed by atoms with van der Waals surface area (Å²) in [6, 6.07) is 9.32. The second kappa shape index (κ2) is 4.57. The van der Waals surface area contributed by atoms with Gasteiger partial charge in [0.05, 0.1) is 11.9 Å². The number of amides is 1. The summed E-state index contributed by atoms with van der Waals surface area (Å²) in [7, 11) is 0. The molecule has 2 aromatic rings. The van der Waals surface area contributed by atoms with E-state index in [9.17, 15) is 4.79 Å². The summed E-state index contributed by atoms with van der Waals surface area (Å²) >= 11 is 0. The van der Waals surface area contributed by atoms with Crippen molar-refractivity contribution in [3.05, 3.63) is 42.2 Å². The monoisotopic (exact) mass is 216 g/mol. The highest BCUT2D eigenvalue weighted by molar-refractivity contribution is 5.90. The van der Waals surface area contributed by atoms with Crippen molar-refractivity contribution in [2.75, 3.05) is 5.32 Å². The van der Waals surface area contributed by atoms with Crippen molar-refractivity contribution < 1.29 is 4.79 Å². The normalized spacial score (nSPS) is 10.1. The molecule has 0 aliphatic rings. The van der Waals surface area contributed by atoms with Crippen LogP contribution in [0, 0.1) is 6.92 Å². The first-order chi connectivity index (χ1) is 7.75. The minimum Gasteiger partial charge on any atom is -0.324 e. The van der Waals surface area contributed by atoms with Gasteiger partial charge in [0.1, 0.15) is 6.54 Å². The number of carbonyl (C=O) groups is 1. The fourth-order valence-corrected chi connectivity index (χ4v) is 1.32. The van der Waals surface area contributed by atoms with Gasteiger partial charge < -0.3 is 5.32 Å². The molecular weight excluding hydrogens is 204 g/mol. The van der Waals surface area contributed by atoms with Crippen LogP contribution in [0.25, 0.3) is 0 Å². The Balaban J connectivity index is 1.98. The van der Waals surface area contributed by atoms with Crippen LogP contribution >= 0.6 is 0 Å². The van der Waals surface area contributed by atoms with Crippen LogP contribution in [0.2, 0.25) is 0 Å². The van der Waals surface area contributed by atoms with Crippen LogP contribution in [-0.4, -0.2) is 20.9 Å². The maximum absolute atomic E-state index is 11.6. The molecule has 0 saturated heterocycles. The van der Waals surface area contributed by atoms with E-state index >= 15 is 0 Å². The van der Waals surface area contributed by atoms with Crippen LogP contribution < -0.4 is 5.32 Å². The number of aryl methyl sites for hydroxylation is 1. The number of hydrogen-bond donors (Lipinski definition) is 1. The van der Waals surface area contributed by atoms with E-state index in [-0.39, 0.29) is 12.5 Å². The minimum atomic E-state index is -0.111. The molecule has 0 radical (unpaired) electrons. The average molecular weight is 216 g/mol. The van der Waals surface area contributed by atoms with E-state index in [0.717, 1.165) is 11.4 Å². The predicted octanol–water partition coefficient (Wildman–Crippen LogP) is 1.23. The lowest BCUT2D eigenvalue weighted by Gasteiger charge is -2.05. The minimum absolute atomic E-state index is 0.111. The molecule has 1 N–H and O–H groups in total. The lowest BCUT2D eigenvalue weighted by Crippen LogP contribution is -2.20. The molecule has 0 unspecified atom stereocenters. The number of aromatic nitrogens is 3. The fourth-order valence-electron chi connectivity index (χ4n) is 1.32. The molecule has 5 nitrogen and oxygen atoms in total. The standard InChI is InChI=1S/C11H12N4O/c1-9-7-12-14-15(9)8-11(16)13-10-5-3-2-4-6-10/h2-7H,8H2,1H3,(H,13,16). The van der Waals surface area contributed by atoms with Gasteiger partial charge >= 0.3 is 0 Å². The maximum atomic E-state index is 11.6. The first-order valence-electron chi connectivity index (χ1n) is 4.96. The third kappa shape index (κ3) is 2.44. The third-order valence-corrected chi connectivity index (χ3v) is 2.16. The number of anilines is 1. The molecule has 82 valence electrons. The quantitative estimate of drug-likeness (QED) is 0.839. The zero-order chi connectivity index (χ0) is 11.4. The van der Waals surface area contributed by atoms with Gasteiger partial charge in [0.25, 0.3) is 0 Å². The molecular formula is C11H12N4O. The molecule has 1 amide bonds. The van der Waals surface area contributed by atoms with Crippen molar-refractivity contribution in [1.29, 1.82) is 0 Å². The van der Waals surface area contributed by atoms with Gasteiger partial charge in [-0.15, -0.1) is 5.10 Å². The Morgan fingerprint density at radius 1 is 1.38 bits per heavy atom. The number of nitrogens with one attached hydrogen (secondary N) is 1. The lowest BCUT2D eigenvalue weighted by molar-refractivity contribution is -0.117. The van der Waals surface area contributed by atoms with E-state index in [1.165, 1.54) is 0 Å². The number of nitrogens with zero attached hydrogens (tertiary/aromatic N) is 3. The summed E-state index contributed by atoms with van der Waals surface area (Å²) in [6.07, 6.45) is 1.62. The zero-order valence-electron chi connectivity index (χ0n) is 8.92. The molecule has 0 aliphatic heterocycles. The molecule has 0 aliphatic carbocycles. The Morgan fingerprint density at radius 2 is 2.12 bits per heavy atom. The second-order valence-corrected chi connectivity index (χ2v) is 3.45. The summed E-state index contributed by atoms with van der Waals surface area (Å²) in [5.41, 5.74) is 1.65. The Labute approximate surface area is 93.1 Å². The van der Waals surface area contributed by atoms with Gasteiger partial charge in [-0.25, -0.2) is 4.68 Å². The Kier molecular flexibility index (Phi) is 2.95.